The van der Waals surface area contributed by atoms with Gasteiger partial charge in [0.25, 0.3) is 0 Å². The molecule has 0 saturated carbocycles. The maximum Gasteiger partial charge on any atom is 0.434 e. The molecule has 1 fully saturated rings. The third-order valence-electron chi connectivity index (χ3n) is 4.96. The number of hydrogen-bond acceptors (Lipinski definition) is 4. The molecule has 1 aromatic heterocycles. The molecule has 0 amide bonds. The molecule has 0 spiro atoms. The molecule has 1 aliphatic heterocycles. The largest absolute Gasteiger partial charge is 0.434 e. The first-order valence-electron chi connectivity index (χ1n) is 9.70. The van der Waals surface area contributed by atoms with E-state index in [9.17, 15) is 13.2 Å². The molecule has 1 aromatic carbocycles. The van der Waals surface area contributed by atoms with Gasteiger partial charge in [0.05, 0.1) is 6.54 Å². The molecule has 5 nitrogen and oxygen atoms in total. The SMILES string of the molecule is CN=C(NCc1nc(C(F)(F)F)cs1)NCC1CCCCN1Cc1ccccc1.I. The van der Waals surface area contributed by atoms with E-state index in [1.165, 1.54) is 18.4 Å². The van der Waals surface area contributed by atoms with E-state index >= 15 is 0 Å². The summed E-state index contributed by atoms with van der Waals surface area (Å²) in [5, 5.41) is 7.79. The average Bonchev–Trinajstić information content (AvgIpc) is 3.20. The first kappa shape index (κ1) is 24.9. The van der Waals surface area contributed by atoms with E-state index in [1.54, 1.807) is 7.05 Å². The fourth-order valence-corrected chi connectivity index (χ4v) is 4.17. The van der Waals surface area contributed by atoms with E-state index in [1.807, 2.05) is 6.07 Å². The quantitative estimate of drug-likeness (QED) is 0.315. The molecule has 3 rings (SSSR count). The van der Waals surface area contributed by atoms with Crippen LogP contribution in [-0.2, 0) is 19.3 Å². The van der Waals surface area contributed by atoms with Crippen LogP contribution < -0.4 is 10.6 Å². The minimum atomic E-state index is -4.40. The van der Waals surface area contributed by atoms with Gasteiger partial charge in [-0.15, -0.1) is 35.3 Å². The number of aliphatic imine (C=N–C) groups is 1. The van der Waals surface area contributed by atoms with E-state index in [0.717, 1.165) is 42.8 Å². The van der Waals surface area contributed by atoms with Crippen molar-refractivity contribution in [3.63, 3.8) is 0 Å². The van der Waals surface area contributed by atoms with Gasteiger partial charge in [-0.05, 0) is 24.9 Å². The van der Waals surface area contributed by atoms with Crippen molar-refractivity contribution in [3.8, 4) is 0 Å². The van der Waals surface area contributed by atoms with Crippen LogP contribution in [0.15, 0.2) is 40.7 Å². The number of likely N-dealkylation sites (tertiary alicyclic amines) is 1. The van der Waals surface area contributed by atoms with Crippen molar-refractivity contribution in [2.75, 3.05) is 20.1 Å². The van der Waals surface area contributed by atoms with Gasteiger partial charge in [0.1, 0.15) is 5.01 Å². The van der Waals surface area contributed by atoms with Crippen LogP contribution in [0.2, 0.25) is 0 Å². The first-order chi connectivity index (χ1) is 14.0. The van der Waals surface area contributed by atoms with E-state index in [0.29, 0.717) is 17.0 Å². The molecular formula is C20H27F3IN5S. The van der Waals surface area contributed by atoms with Gasteiger partial charge in [0, 0.05) is 31.6 Å². The van der Waals surface area contributed by atoms with Crippen molar-refractivity contribution in [2.45, 2.75) is 44.6 Å². The lowest BCUT2D eigenvalue weighted by atomic mass is 10.0. The highest BCUT2D eigenvalue weighted by Crippen LogP contribution is 2.29. The molecule has 2 N–H and O–H groups in total. The number of hydrogen-bond donors (Lipinski definition) is 2. The molecule has 166 valence electrons. The average molecular weight is 553 g/mol. The second-order valence-electron chi connectivity index (χ2n) is 7.04. The highest BCUT2D eigenvalue weighted by atomic mass is 127. The van der Waals surface area contributed by atoms with Crippen LogP contribution in [-0.4, -0.2) is 42.0 Å². The van der Waals surface area contributed by atoms with Crippen molar-refractivity contribution in [1.82, 2.24) is 20.5 Å². The normalized spacial score (nSPS) is 18.0. The number of aromatic nitrogens is 1. The fourth-order valence-electron chi connectivity index (χ4n) is 3.43. The Morgan fingerprint density at radius 1 is 1.23 bits per heavy atom. The number of nitrogens with zero attached hydrogens (tertiary/aromatic N) is 3. The second-order valence-corrected chi connectivity index (χ2v) is 7.98. The van der Waals surface area contributed by atoms with Crippen LogP contribution in [0.4, 0.5) is 13.2 Å². The van der Waals surface area contributed by atoms with Crippen molar-refractivity contribution < 1.29 is 13.2 Å². The first-order valence-corrected chi connectivity index (χ1v) is 10.6. The lowest BCUT2D eigenvalue weighted by molar-refractivity contribution is -0.140. The Hall–Kier alpha value is -1.40. The molecular weight excluding hydrogens is 526 g/mol. The van der Waals surface area contributed by atoms with Crippen molar-refractivity contribution in [1.29, 1.82) is 0 Å². The topological polar surface area (TPSA) is 52.6 Å². The summed E-state index contributed by atoms with van der Waals surface area (Å²) in [7, 11) is 1.65. The Morgan fingerprint density at radius 3 is 2.67 bits per heavy atom. The predicted octanol–water partition coefficient (Wildman–Crippen LogP) is 4.50. The summed E-state index contributed by atoms with van der Waals surface area (Å²) in [6.45, 7) is 2.92. The summed E-state index contributed by atoms with van der Waals surface area (Å²) in [6.07, 6.45) is -0.902. The molecule has 1 unspecified atom stereocenters. The number of rotatable bonds is 6. The summed E-state index contributed by atoms with van der Waals surface area (Å²) in [5.74, 6) is 0.569. The van der Waals surface area contributed by atoms with Crippen LogP contribution in [0.1, 0.15) is 35.5 Å². The van der Waals surface area contributed by atoms with Gasteiger partial charge in [0.15, 0.2) is 11.7 Å². The van der Waals surface area contributed by atoms with Gasteiger partial charge in [0.2, 0.25) is 0 Å². The summed E-state index contributed by atoms with van der Waals surface area (Å²) in [5.41, 5.74) is 0.451. The third-order valence-corrected chi connectivity index (χ3v) is 5.80. The standard InChI is InChI=1S/C20H26F3N5S.HI/c1-24-19(26-12-18-27-17(14-29-18)20(21,22)23)25-11-16-9-5-6-10-28(16)13-15-7-3-2-4-8-15;/h2-4,7-8,14,16H,5-6,9-13H2,1H3,(H2,24,25,26);1H. The predicted molar refractivity (Wildman–Crippen MR) is 125 cm³/mol. The summed E-state index contributed by atoms with van der Waals surface area (Å²) < 4.78 is 38.0. The Morgan fingerprint density at radius 2 is 2.00 bits per heavy atom. The summed E-state index contributed by atoms with van der Waals surface area (Å²) in [6, 6.07) is 10.8. The van der Waals surface area contributed by atoms with Gasteiger partial charge in [-0.25, -0.2) is 4.98 Å². The van der Waals surface area contributed by atoms with Gasteiger partial charge in [-0.1, -0.05) is 36.8 Å². The maximum absolute atomic E-state index is 12.7. The van der Waals surface area contributed by atoms with Crippen molar-refractivity contribution in [3.05, 3.63) is 52.0 Å². The lowest BCUT2D eigenvalue weighted by Gasteiger charge is -2.36. The zero-order valence-corrected chi connectivity index (χ0v) is 19.9. The van der Waals surface area contributed by atoms with Crippen molar-refractivity contribution >= 4 is 41.3 Å². The summed E-state index contributed by atoms with van der Waals surface area (Å²) in [4.78, 5) is 10.3. The zero-order chi connectivity index (χ0) is 20.7. The molecule has 2 heterocycles. The molecule has 1 aliphatic rings. The Kier molecular flexibility index (Phi) is 9.82. The van der Waals surface area contributed by atoms with E-state index in [2.05, 4.69) is 49.8 Å². The van der Waals surface area contributed by atoms with Crippen molar-refractivity contribution in [2.24, 2.45) is 4.99 Å². The Labute approximate surface area is 196 Å². The molecule has 1 atom stereocenters. The lowest BCUT2D eigenvalue weighted by Crippen LogP contribution is -2.48. The molecule has 0 radical (unpaired) electrons. The number of nitrogens with one attached hydrogen (secondary N) is 2. The number of thiazole rings is 1. The van der Waals surface area contributed by atoms with Gasteiger partial charge in [-0.2, -0.15) is 13.2 Å². The minimum Gasteiger partial charge on any atom is -0.355 e. The van der Waals surface area contributed by atoms with E-state index in [-0.39, 0.29) is 30.5 Å². The fraction of sp³-hybridized carbons (Fsp3) is 0.500. The number of halogens is 4. The van der Waals surface area contributed by atoms with Crippen LogP contribution in [0.5, 0.6) is 0 Å². The highest BCUT2D eigenvalue weighted by Gasteiger charge is 2.33. The minimum absolute atomic E-state index is 0. The number of guanidine groups is 1. The van der Waals surface area contributed by atoms with Gasteiger partial charge >= 0.3 is 6.18 Å². The van der Waals surface area contributed by atoms with Gasteiger partial charge in [-0.3, -0.25) is 9.89 Å². The summed E-state index contributed by atoms with van der Waals surface area (Å²) >= 11 is 0.992. The number of piperidine rings is 1. The van der Waals surface area contributed by atoms with Crippen LogP contribution in [0.25, 0.3) is 0 Å². The third kappa shape index (κ3) is 7.38. The van der Waals surface area contributed by atoms with Crippen LogP contribution >= 0.6 is 35.3 Å². The van der Waals surface area contributed by atoms with Crippen LogP contribution in [0.3, 0.4) is 0 Å². The number of benzene rings is 1. The van der Waals surface area contributed by atoms with E-state index < -0.39 is 11.9 Å². The second kappa shape index (κ2) is 11.8. The molecule has 1 saturated heterocycles. The number of alkyl halides is 3. The van der Waals surface area contributed by atoms with Crippen LogP contribution in [0, 0.1) is 0 Å². The Bertz CT molecular complexity index is 797. The van der Waals surface area contributed by atoms with E-state index in [4.69, 9.17) is 0 Å². The van der Waals surface area contributed by atoms with Gasteiger partial charge < -0.3 is 10.6 Å². The molecule has 2 aromatic rings. The molecule has 10 heteroatoms. The smallest absolute Gasteiger partial charge is 0.355 e. The molecule has 0 aliphatic carbocycles. The highest BCUT2D eigenvalue weighted by molar-refractivity contribution is 14.0. The maximum atomic E-state index is 12.7. The Balaban J connectivity index is 0.00000320. The molecule has 30 heavy (non-hydrogen) atoms. The zero-order valence-electron chi connectivity index (χ0n) is 16.8. The molecule has 0 bridgehead atoms. The monoisotopic (exact) mass is 553 g/mol.